The molecule has 26 heavy (non-hydrogen) atoms. The first kappa shape index (κ1) is 22.0. The van der Waals surface area contributed by atoms with Gasteiger partial charge in [0.25, 0.3) is 11.8 Å². The van der Waals surface area contributed by atoms with E-state index in [1.54, 1.807) is 24.3 Å². The Morgan fingerprint density at radius 1 is 0.846 bits per heavy atom. The van der Waals surface area contributed by atoms with Crippen molar-refractivity contribution in [2.45, 2.75) is 52.6 Å². The van der Waals surface area contributed by atoms with Gasteiger partial charge in [0.1, 0.15) is 0 Å². The predicted octanol–water partition coefficient (Wildman–Crippen LogP) is 2.99. The lowest BCUT2D eigenvalue weighted by molar-refractivity contribution is -0.111. The van der Waals surface area contributed by atoms with E-state index in [0.717, 1.165) is 12.8 Å². The molecule has 0 spiro atoms. The largest absolute Gasteiger partial charge is 0.369 e. The summed E-state index contributed by atoms with van der Waals surface area (Å²) in [5, 5.41) is 11.3. The molecular formula is C18H26N4O2S2. The maximum absolute atomic E-state index is 12.3. The van der Waals surface area contributed by atoms with E-state index in [4.69, 9.17) is 24.4 Å². The molecule has 0 aliphatic heterocycles. The first-order valence-electron chi connectivity index (χ1n) is 8.61. The summed E-state index contributed by atoms with van der Waals surface area (Å²) >= 11 is 10.2. The van der Waals surface area contributed by atoms with Crippen molar-refractivity contribution in [1.82, 2.24) is 10.6 Å². The lowest BCUT2D eigenvalue weighted by Gasteiger charge is -2.17. The van der Waals surface area contributed by atoms with Crippen LogP contribution in [0, 0.1) is 0 Å². The van der Waals surface area contributed by atoms with Crippen LogP contribution in [0.15, 0.2) is 24.3 Å². The minimum atomic E-state index is -0.428. The monoisotopic (exact) mass is 394 g/mol. The molecule has 0 aliphatic rings. The fraction of sp³-hybridized carbons (Fsp3) is 0.444. The Balaban J connectivity index is 2.78. The zero-order chi connectivity index (χ0) is 19.7. The third kappa shape index (κ3) is 7.05. The number of hydrogen-bond acceptors (Lipinski definition) is 4. The molecule has 0 aliphatic carbocycles. The van der Waals surface area contributed by atoms with Gasteiger partial charge in [-0.15, -0.1) is 0 Å². The number of carbonyl (C=O) groups is 2. The lowest BCUT2D eigenvalue weighted by Crippen LogP contribution is -2.40. The van der Waals surface area contributed by atoms with Crippen LogP contribution in [0.5, 0.6) is 0 Å². The Bertz CT molecular complexity index is 622. The van der Waals surface area contributed by atoms with Crippen molar-refractivity contribution in [2.75, 3.05) is 10.6 Å². The van der Waals surface area contributed by atoms with Gasteiger partial charge in [-0.2, -0.15) is 0 Å². The molecule has 142 valence electrons. The molecule has 0 bridgehead atoms. The summed E-state index contributed by atoms with van der Waals surface area (Å²) < 4.78 is 0. The first-order valence-corrected chi connectivity index (χ1v) is 9.42. The number of thiocarbonyl (C=S) groups is 2. The molecule has 0 saturated carbocycles. The molecule has 1 aromatic carbocycles. The predicted molar refractivity (Wildman–Crippen MR) is 115 cm³/mol. The molecule has 0 aromatic heterocycles. The van der Waals surface area contributed by atoms with Crippen molar-refractivity contribution in [3.05, 3.63) is 24.3 Å². The lowest BCUT2D eigenvalue weighted by atomic mass is 10.2. The van der Waals surface area contributed by atoms with Crippen LogP contribution in [0.2, 0.25) is 0 Å². The quantitative estimate of drug-likeness (QED) is 0.555. The van der Waals surface area contributed by atoms with Gasteiger partial charge in [-0.1, -0.05) is 50.4 Å². The number of amides is 2. The number of anilines is 2. The Morgan fingerprint density at radius 2 is 1.19 bits per heavy atom. The molecule has 0 fully saturated rings. The molecule has 8 heteroatoms. The van der Waals surface area contributed by atoms with Crippen LogP contribution in [0.1, 0.15) is 40.5 Å². The maximum atomic E-state index is 12.3. The fourth-order valence-electron chi connectivity index (χ4n) is 1.84. The Labute approximate surface area is 165 Å². The zero-order valence-electron chi connectivity index (χ0n) is 15.5. The highest BCUT2D eigenvalue weighted by atomic mass is 32.1. The van der Waals surface area contributed by atoms with Crippen LogP contribution in [0.3, 0.4) is 0 Å². The van der Waals surface area contributed by atoms with E-state index >= 15 is 0 Å². The second-order valence-electron chi connectivity index (χ2n) is 6.02. The summed E-state index contributed by atoms with van der Waals surface area (Å²) in [6.45, 7) is 7.89. The van der Waals surface area contributed by atoms with E-state index in [0.29, 0.717) is 11.4 Å². The molecule has 6 nitrogen and oxygen atoms in total. The topological polar surface area (TPSA) is 82.3 Å². The number of carbonyl (C=O) groups excluding carboxylic acids is 2. The van der Waals surface area contributed by atoms with Crippen molar-refractivity contribution in [3.63, 3.8) is 0 Å². The summed E-state index contributed by atoms with van der Waals surface area (Å²) in [5.41, 5.74) is 0.899. The molecule has 0 radical (unpaired) electrons. The number of nitrogens with one attached hydrogen (secondary N) is 4. The van der Waals surface area contributed by atoms with Crippen LogP contribution >= 0.6 is 24.4 Å². The SMILES string of the molecule is CCC(C)NC(=S)C(=O)Nc1ccccc1NC(=O)C(=S)NC(C)CC. The van der Waals surface area contributed by atoms with Crippen molar-refractivity contribution >= 4 is 57.6 Å². The highest BCUT2D eigenvalue weighted by Gasteiger charge is 2.16. The molecule has 4 N–H and O–H groups in total. The summed E-state index contributed by atoms with van der Waals surface area (Å²) in [7, 11) is 0. The van der Waals surface area contributed by atoms with Crippen LogP contribution in [0.4, 0.5) is 11.4 Å². The van der Waals surface area contributed by atoms with Crippen molar-refractivity contribution < 1.29 is 9.59 Å². The molecular weight excluding hydrogens is 368 g/mol. The second-order valence-corrected chi connectivity index (χ2v) is 6.84. The van der Waals surface area contributed by atoms with Gasteiger partial charge in [-0.3, -0.25) is 9.59 Å². The maximum Gasteiger partial charge on any atom is 0.283 e. The van der Waals surface area contributed by atoms with E-state index in [2.05, 4.69) is 21.3 Å². The molecule has 1 aromatic rings. The summed E-state index contributed by atoms with van der Waals surface area (Å²) in [5.74, 6) is -0.857. The van der Waals surface area contributed by atoms with Gasteiger partial charge in [-0.05, 0) is 38.8 Å². The van der Waals surface area contributed by atoms with Gasteiger partial charge in [0.05, 0.1) is 11.4 Å². The van der Waals surface area contributed by atoms with E-state index < -0.39 is 11.8 Å². The van der Waals surface area contributed by atoms with Crippen molar-refractivity contribution in [1.29, 1.82) is 0 Å². The van der Waals surface area contributed by atoms with Crippen LogP contribution in [0.25, 0.3) is 0 Å². The third-order valence-corrected chi connectivity index (χ3v) is 4.42. The normalized spacial score (nSPS) is 12.5. The van der Waals surface area contributed by atoms with Gasteiger partial charge in [0.15, 0.2) is 9.98 Å². The van der Waals surface area contributed by atoms with Crippen molar-refractivity contribution in [3.8, 4) is 0 Å². The highest BCUT2D eigenvalue weighted by molar-refractivity contribution is 7.82. The van der Waals surface area contributed by atoms with Gasteiger partial charge in [0.2, 0.25) is 0 Å². The van der Waals surface area contributed by atoms with Gasteiger partial charge in [0, 0.05) is 12.1 Å². The third-order valence-electron chi connectivity index (χ3n) is 3.82. The summed E-state index contributed by atoms with van der Waals surface area (Å²) in [6, 6.07) is 7.09. The standard InChI is InChI=1S/C18H26N4O2S2/c1-5-11(3)19-17(25)15(23)21-13-9-7-8-10-14(13)22-16(24)18(26)20-12(4)6-2/h7-12H,5-6H2,1-4H3,(H,19,25)(H,20,26)(H,21,23)(H,22,24). The number of benzene rings is 1. The minimum absolute atomic E-state index is 0.104. The molecule has 2 atom stereocenters. The van der Waals surface area contributed by atoms with E-state index in [1.165, 1.54) is 0 Å². The summed E-state index contributed by atoms with van der Waals surface area (Å²) in [4.78, 5) is 24.7. The molecule has 1 rings (SSSR count). The molecule has 2 amide bonds. The average Bonchev–Trinajstić information content (AvgIpc) is 2.62. The molecule has 0 saturated heterocycles. The first-order chi connectivity index (χ1) is 12.3. The smallest absolute Gasteiger partial charge is 0.283 e. The Hall–Kier alpha value is -2.06. The number of rotatable bonds is 6. The van der Waals surface area contributed by atoms with Crippen LogP contribution in [-0.2, 0) is 9.59 Å². The van der Waals surface area contributed by atoms with Crippen molar-refractivity contribution in [2.24, 2.45) is 0 Å². The molecule has 2 unspecified atom stereocenters. The zero-order valence-corrected chi connectivity index (χ0v) is 17.1. The number of hydrogen-bond donors (Lipinski definition) is 4. The highest BCUT2D eigenvalue weighted by Crippen LogP contribution is 2.21. The number of para-hydroxylation sites is 2. The minimum Gasteiger partial charge on any atom is -0.369 e. The van der Waals surface area contributed by atoms with Crippen LogP contribution < -0.4 is 21.3 Å². The van der Waals surface area contributed by atoms with Gasteiger partial charge >= 0.3 is 0 Å². The van der Waals surface area contributed by atoms with Gasteiger partial charge < -0.3 is 21.3 Å². The Kier molecular flexibility index (Phi) is 9.15. The van der Waals surface area contributed by atoms with E-state index in [-0.39, 0.29) is 22.1 Å². The average molecular weight is 395 g/mol. The van der Waals surface area contributed by atoms with Gasteiger partial charge in [-0.25, -0.2) is 0 Å². The fourth-order valence-corrected chi connectivity index (χ4v) is 2.35. The van der Waals surface area contributed by atoms with Crippen LogP contribution in [-0.4, -0.2) is 33.9 Å². The molecule has 0 heterocycles. The van der Waals surface area contributed by atoms with E-state index in [9.17, 15) is 9.59 Å². The second kappa shape index (κ2) is 10.8. The summed E-state index contributed by atoms with van der Waals surface area (Å²) in [6.07, 6.45) is 1.70. The van der Waals surface area contributed by atoms with E-state index in [1.807, 2.05) is 27.7 Å². The Morgan fingerprint density at radius 3 is 1.50 bits per heavy atom.